The molecule has 0 aliphatic rings. The van der Waals surface area contributed by atoms with Crippen molar-refractivity contribution in [1.29, 1.82) is 0 Å². The summed E-state index contributed by atoms with van der Waals surface area (Å²) in [6.45, 7) is 0. The molecule has 0 saturated heterocycles. The molecule has 2 aromatic rings. The van der Waals surface area contributed by atoms with Crippen molar-refractivity contribution in [1.82, 2.24) is 4.98 Å². The van der Waals surface area contributed by atoms with Crippen molar-refractivity contribution in [3.63, 3.8) is 0 Å². The van der Waals surface area contributed by atoms with E-state index >= 15 is 0 Å². The van der Waals surface area contributed by atoms with Crippen molar-refractivity contribution >= 4 is 29.3 Å². The summed E-state index contributed by atoms with van der Waals surface area (Å²) in [4.78, 5) is 3.35. The summed E-state index contributed by atoms with van der Waals surface area (Å²) in [7, 11) is 0. The molecule has 0 bridgehead atoms. The van der Waals surface area contributed by atoms with Crippen LogP contribution in [0.3, 0.4) is 0 Å². The second kappa shape index (κ2) is 6.50. The summed E-state index contributed by atoms with van der Waals surface area (Å²) >= 11 is 11.7. The van der Waals surface area contributed by atoms with E-state index in [0.29, 0.717) is 15.6 Å². The fraction of sp³-hybridized carbons (Fsp3) is 0.133. The van der Waals surface area contributed by atoms with Gasteiger partial charge in [0, 0.05) is 22.3 Å². The summed E-state index contributed by atoms with van der Waals surface area (Å²) in [5.41, 5.74) is -0.113. The SMILES string of the molecule is FC(F)(F)c1nc[c]cc1CC=Cc1cc(Cl)cc(Cl)c1. The van der Waals surface area contributed by atoms with E-state index in [0.717, 1.165) is 6.20 Å². The van der Waals surface area contributed by atoms with E-state index in [1.165, 1.54) is 6.07 Å². The molecule has 1 aromatic heterocycles. The van der Waals surface area contributed by atoms with Crippen molar-refractivity contribution in [3.05, 3.63) is 69.5 Å². The van der Waals surface area contributed by atoms with Crippen molar-refractivity contribution < 1.29 is 13.2 Å². The topological polar surface area (TPSA) is 12.9 Å². The Morgan fingerprint density at radius 2 is 1.81 bits per heavy atom. The third kappa shape index (κ3) is 4.48. The molecule has 6 heteroatoms. The third-order valence-corrected chi connectivity index (χ3v) is 3.07. The van der Waals surface area contributed by atoms with Crippen LogP contribution in [0.15, 0.2) is 36.5 Å². The molecular weight excluding hydrogens is 322 g/mol. The molecular formula is C15H9Cl2F3N. The van der Waals surface area contributed by atoms with Gasteiger partial charge in [-0.05, 0) is 41.8 Å². The van der Waals surface area contributed by atoms with Gasteiger partial charge in [-0.25, -0.2) is 0 Å². The van der Waals surface area contributed by atoms with Crippen LogP contribution in [0.25, 0.3) is 6.08 Å². The van der Waals surface area contributed by atoms with Crippen molar-refractivity contribution in [3.8, 4) is 0 Å². The molecule has 0 aliphatic carbocycles. The number of benzene rings is 1. The first kappa shape index (κ1) is 15.9. The molecule has 0 N–H and O–H groups in total. The Balaban J connectivity index is 2.18. The maximum absolute atomic E-state index is 12.8. The Labute approximate surface area is 130 Å². The van der Waals surface area contributed by atoms with Gasteiger partial charge in [0.15, 0.2) is 0 Å². The van der Waals surface area contributed by atoms with Crippen LogP contribution in [-0.4, -0.2) is 4.98 Å². The van der Waals surface area contributed by atoms with Crippen LogP contribution in [-0.2, 0) is 12.6 Å². The molecule has 0 amide bonds. The molecule has 1 heterocycles. The van der Waals surface area contributed by atoms with E-state index in [4.69, 9.17) is 23.2 Å². The van der Waals surface area contributed by atoms with Crippen LogP contribution in [0.2, 0.25) is 10.0 Å². The van der Waals surface area contributed by atoms with Crippen LogP contribution in [0.1, 0.15) is 16.8 Å². The number of hydrogen-bond acceptors (Lipinski definition) is 1. The van der Waals surface area contributed by atoms with Crippen LogP contribution < -0.4 is 0 Å². The Bertz CT molecular complexity index is 646. The average molecular weight is 331 g/mol. The lowest BCUT2D eigenvalue weighted by molar-refractivity contribution is -0.141. The normalized spacial score (nSPS) is 12.0. The maximum Gasteiger partial charge on any atom is 0.433 e. The third-order valence-electron chi connectivity index (χ3n) is 2.63. The average Bonchev–Trinajstić information content (AvgIpc) is 2.37. The van der Waals surface area contributed by atoms with E-state index in [1.807, 2.05) is 0 Å². The van der Waals surface area contributed by atoms with Gasteiger partial charge in [-0.3, -0.25) is 4.98 Å². The number of pyridine rings is 1. The standard InChI is InChI=1S/C15H9Cl2F3N/c16-12-7-10(8-13(17)9-12)3-1-4-11-5-2-6-21-14(11)15(18,19)20/h1,3,5-9H,4H2. The van der Waals surface area contributed by atoms with Gasteiger partial charge in [-0.1, -0.05) is 35.4 Å². The first-order valence-electron chi connectivity index (χ1n) is 5.91. The quantitative estimate of drug-likeness (QED) is 0.727. The minimum absolute atomic E-state index is 0.0642. The molecule has 0 aliphatic heterocycles. The fourth-order valence-electron chi connectivity index (χ4n) is 1.80. The zero-order valence-electron chi connectivity index (χ0n) is 10.6. The van der Waals surface area contributed by atoms with Crippen LogP contribution in [0, 0.1) is 6.07 Å². The Morgan fingerprint density at radius 3 is 2.43 bits per heavy atom. The highest BCUT2D eigenvalue weighted by atomic mass is 35.5. The van der Waals surface area contributed by atoms with E-state index in [9.17, 15) is 13.2 Å². The summed E-state index contributed by atoms with van der Waals surface area (Å²) in [5, 5.41) is 0.931. The minimum atomic E-state index is -4.47. The van der Waals surface area contributed by atoms with Crippen molar-refractivity contribution in [2.75, 3.05) is 0 Å². The molecule has 1 nitrogen and oxygen atoms in total. The molecule has 0 unspecified atom stereocenters. The first-order chi connectivity index (χ1) is 9.86. The number of hydrogen-bond donors (Lipinski definition) is 0. The molecule has 1 aromatic carbocycles. The number of halogens is 5. The van der Waals surface area contributed by atoms with Gasteiger partial charge in [-0.15, -0.1) is 0 Å². The summed E-state index contributed by atoms with van der Waals surface area (Å²) in [6.07, 6.45) is -0.124. The highest BCUT2D eigenvalue weighted by Crippen LogP contribution is 2.30. The Hall–Kier alpha value is -1.52. The molecule has 0 saturated carbocycles. The summed E-state index contributed by atoms with van der Waals surface area (Å²) in [5.74, 6) is 0. The second-order valence-electron chi connectivity index (χ2n) is 4.25. The number of aromatic nitrogens is 1. The summed E-state index contributed by atoms with van der Waals surface area (Å²) < 4.78 is 38.3. The number of allylic oxidation sites excluding steroid dienone is 1. The zero-order valence-corrected chi connectivity index (χ0v) is 12.1. The highest BCUT2D eigenvalue weighted by molar-refractivity contribution is 6.34. The second-order valence-corrected chi connectivity index (χ2v) is 5.12. The van der Waals surface area contributed by atoms with Crippen LogP contribution in [0.5, 0.6) is 0 Å². The predicted molar refractivity (Wildman–Crippen MR) is 77.3 cm³/mol. The van der Waals surface area contributed by atoms with Gasteiger partial charge < -0.3 is 0 Å². The van der Waals surface area contributed by atoms with Crippen molar-refractivity contribution in [2.45, 2.75) is 12.6 Å². The smallest absolute Gasteiger partial charge is 0.251 e. The van der Waals surface area contributed by atoms with Crippen LogP contribution in [0.4, 0.5) is 13.2 Å². The lowest BCUT2D eigenvalue weighted by atomic mass is 10.1. The lowest BCUT2D eigenvalue weighted by Crippen LogP contribution is -2.11. The number of nitrogens with zero attached hydrogens (tertiary/aromatic N) is 1. The lowest BCUT2D eigenvalue weighted by Gasteiger charge is -2.09. The van der Waals surface area contributed by atoms with Crippen LogP contribution >= 0.6 is 23.2 Å². The van der Waals surface area contributed by atoms with E-state index < -0.39 is 11.9 Å². The summed E-state index contributed by atoms with van der Waals surface area (Å²) in [6, 6.07) is 8.76. The molecule has 2 rings (SSSR count). The van der Waals surface area contributed by atoms with Gasteiger partial charge in [0.25, 0.3) is 0 Å². The fourth-order valence-corrected chi connectivity index (χ4v) is 2.34. The van der Waals surface area contributed by atoms with Gasteiger partial charge in [-0.2, -0.15) is 13.2 Å². The van der Waals surface area contributed by atoms with Gasteiger partial charge in [0.1, 0.15) is 5.69 Å². The zero-order chi connectivity index (χ0) is 15.5. The largest absolute Gasteiger partial charge is 0.433 e. The van der Waals surface area contributed by atoms with Gasteiger partial charge in [0.05, 0.1) is 0 Å². The van der Waals surface area contributed by atoms with E-state index in [2.05, 4.69) is 11.1 Å². The molecule has 109 valence electrons. The number of alkyl halides is 3. The first-order valence-corrected chi connectivity index (χ1v) is 6.66. The van der Waals surface area contributed by atoms with Crippen molar-refractivity contribution in [2.24, 2.45) is 0 Å². The Kier molecular flexibility index (Phi) is 4.91. The maximum atomic E-state index is 12.8. The molecule has 0 fully saturated rings. The molecule has 21 heavy (non-hydrogen) atoms. The Morgan fingerprint density at radius 1 is 1.14 bits per heavy atom. The molecule has 0 spiro atoms. The van der Waals surface area contributed by atoms with E-state index in [1.54, 1.807) is 30.4 Å². The molecule has 1 radical (unpaired) electrons. The predicted octanol–water partition coefficient (Wildman–Crippen LogP) is 5.46. The highest BCUT2D eigenvalue weighted by Gasteiger charge is 2.34. The van der Waals surface area contributed by atoms with Gasteiger partial charge in [0.2, 0.25) is 0 Å². The number of rotatable bonds is 3. The molecule has 0 atom stereocenters. The minimum Gasteiger partial charge on any atom is -0.251 e. The van der Waals surface area contributed by atoms with Gasteiger partial charge >= 0.3 is 6.18 Å². The monoisotopic (exact) mass is 330 g/mol. The van der Waals surface area contributed by atoms with E-state index in [-0.39, 0.29) is 12.0 Å².